The highest BCUT2D eigenvalue weighted by Crippen LogP contribution is 2.33. The van der Waals surface area contributed by atoms with Crippen molar-refractivity contribution < 1.29 is 13.2 Å². The Morgan fingerprint density at radius 3 is 2.33 bits per heavy atom. The Balaban J connectivity index is 1.85. The first-order valence-electron chi connectivity index (χ1n) is 9.27. The van der Waals surface area contributed by atoms with Crippen molar-refractivity contribution in [3.63, 3.8) is 0 Å². The molecule has 6 nitrogen and oxygen atoms in total. The predicted molar refractivity (Wildman–Crippen MR) is 108 cm³/mol. The lowest BCUT2D eigenvalue weighted by Gasteiger charge is -2.28. The van der Waals surface area contributed by atoms with Crippen LogP contribution in [0.15, 0.2) is 40.3 Å². The Bertz CT molecular complexity index is 896. The van der Waals surface area contributed by atoms with E-state index in [2.05, 4.69) is 4.40 Å². The van der Waals surface area contributed by atoms with E-state index in [0.717, 1.165) is 6.42 Å². The Hall–Kier alpha value is -2.15. The van der Waals surface area contributed by atoms with Gasteiger partial charge in [-0.3, -0.25) is 4.79 Å². The molecule has 0 bridgehead atoms. The number of sulfonamides is 1. The molecule has 0 spiro atoms. The summed E-state index contributed by atoms with van der Waals surface area (Å²) < 4.78 is 29.4. The van der Waals surface area contributed by atoms with Crippen LogP contribution in [-0.4, -0.2) is 56.1 Å². The standard InChI is InChI=1S/C20H27N3O3S/c1-15-17(16-9-6-5-7-10-16)27(25,26)21-18(15)22-11-8-12-23(14-13-22)19(24)20(2,3)4/h5-7,9-10H,8,11-14H2,1-4H3. The molecule has 1 amide bonds. The lowest BCUT2D eigenvalue weighted by Crippen LogP contribution is -2.42. The molecule has 0 atom stereocenters. The van der Waals surface area contributed by atoms with Crippen molar-refractivity contribution in [2.75, 3.05) is 26.2 Å². The summed E-state index contributed by atoms with van der Waals surface area (Å²) in [5, 5.41) is 0. The van der Waals surface area contributed by atoms with Crippen molar-refractivity contribution in [3.8, 4) is 0 Å². The molecule has 1 aromatic carbocycles. The van der Waals surface area contributed by atoms with Gasteiger partial charge in [-0.2, -0.15) is 8.42 Å². The third-order valence-electron chi connectivity index (χ3n) is 4.90. The minimum atomic E-state index is -3.71. The van der Waals surface area contributed by atoms with Crippen LogP contribution in [-0.2, 0) is 14.8 Å². The fourth-order valence-electron chi connectivity index (χ4n) is 3.58. The molecule has 3 rings (SSSR count). The van der Waals surface area contributed by atoms with Gasteiger partial charge in [0.1, 0.15) is 10.7 Å². The molecule has 2 aliphatic rings. The van der Waals surface area contributed by atoms with Gasteiger partial charge in [-0.15, -0.1) is 4.40 Å². The molecule has 2 heterocycles. The van der Waals surface area contributed by atoms with E-state index in [0.29, 0.717) is 43.2 Å². The topological polar surface area (TPSA) is 70.1 Å². The van der Waals surface area contributed by atoms with Crippen molar-refractivity contribution in [3.05, 3.63) is 41.5 Å². The average Bonchev–Trinajstić information content (AvgIpc) is 2.76. The highest BCUT2D eigenvalue weighted by Gasteiger charge is 2.35. The number of amides is 1. The zero-order valence-electron chi connectivity index (χ0n) is 16.4. The van der Waals surface area contributed by atoms with E-state index in [1.54, 1.807) is 12.1 Å². The first-order valence-corrected chi connectivity index (χ1v) is 10.7. The van der Waals surface area contributed by atoms with Crippen molar-refractivity contribution in [2.24, 2.45) is 9.81 Å². The second-order valence-corrected chi connectivity index (χ2v) is 9.63. The zero-order chi connectivity index (χ0) is 19.8. The SMILES string of the molecule is CC1=C(c2ccccc2)S(=O)(=O)N=C1N1CCCN(C(=O)C(C)(C)C)CC1. The molecule has 27 heavy (non-hydrogen) atoms. The number of rotatable bonds is 1. The molecule has 0 aliphatic carbocycles. The second kappa shape index (κ2) is 7.11. The summed E-state index contributed by atoms with van der Waals surface area (Å²) in [5.74, 6) is 0.640. The van der Waals surface area contributed by atoms with Crippen LogP contribution in [0.2, 0.25) is 0 Å². The second-order valence-electron chi connectivity index (χ2n) is 8.09. The van der Waals surface area contributed by atoms with Gasteiger partial charge in [-0.1, -0.05) is 51.1 Å². The quantitative estimate of drug-likeness (QED) is 0.740. The molecule has 0 aromatic heterocycles. The predicted octanol–water partition coefficient (Wildman–Crippen LogP) is 2.74. The summed E-state index contributed by atoms with van der Waals surface area (Å²) in [7, 11) is -3.71. The third-order valence-corrected chi connectivity index (χ3v) is 6.37. The van der Waals surface area contributed by atoms with E-state index in [1.807, 2.05) is 55.7 Å². The van der Waals surface area contributed by atoms with Gasteiger partial charge in [0.25, 0.3) is 10.0 Å². The maximum atomic E-state index is 12.7. The van der Waals surface area contributed by atoms with Crippen molar-refractivity contribution in [1.82, 2.24) is 9.80 Å². The van der Waals surface area contributed by atoms with Crippen LogP contribution < -0.4 is 0 Å². The van der Waals surface area contributed by atoms with Gasteiger partial charge in [0.2, 0.25) is 5.91 Å². The number of benzene rings is 1. The van der Waals surface area contributed by atoms with Crippen LogP contribution in [0.3, 0.4) is 0 Å². The highest BCUT2D eigenvalue weighted by atomic mass is 32.2. The molecule has 1 saturated heterocycles. The van der Waals surface area contributed by atoms with Gasteiger partial charge < -0.3 is 9.80 Å². The minimum absolute atomic E-state index is 0.127. The Morgan fingerprint density at radius 2 is 1.70 bits per heavy atom. The number of hydrogen-bond donors (Lipinski definition) is 0. The number of hydrogen-bond acceptors (Lipinski definition) is 4. The van der Waals surface area contributed by atoms with Crippen LogP contribution in [0.1, 0.15) is 39.7 Å². The van der Waals surface area contributed by atoms with Crippen molar-refractivity contribution in [2.45, 2.75) is 34.1 Å². The van der Waals surface area contributed by atoms with Gasteiger partial charge in [0, 0.05) is 37.2 Å². The average molecular weight is 390 g/mol. The van der Waals surface area contributed by atoms with E-state index in [9.17, 15) is 13.2 Å². The first-order chi connectivity index (χ1) is 12.6. The fourth-order valence-corrected chi connectivity index (χ4v) is 5.06. The Kier molecular flexibility index (Phi) is 5.16. The van der Waals surface area contributed by atoms with Gasteiger partial charge in [-0.05, 0) is 18.9 Å². The summed E-state index contributed by atoms with van der Waals surface area (Å²) in [6.45, 7) is 10.1. The normalized spacial score (nSPS) is 20.5. The third kappa shape index (κ3) is 3.93. The van der Waals surface area contributed by atoms with Crippen LogP contribution in [0.25, 0.3) is 4.91 Å². The van der Waals surface area contributed by atoms with E-state index in [-0.39, 0.29) is 10.8 Å². The molecule has 146 valence electrons. The van der Waals surface area contributed by atoms with Gasteiger partial charge in [0.15, 0.2) is 0 Å². The summed E-state index contributed by atoms with van der Waals surface area (Å²) in [5.41, 5.74) is 0.921. The largest absolute Gasteiger partial charge is 0.354 e. The van der Waals surface area contributed by atoms with E-state index in [4.69, 9.17) is 0 Å². The monoisotopic (exact) mass is 389 g/mol. The Morgan fingerprint density at radius 1 is 1.04 bits per heavy atom. The molecular formula is C20H27N3O3S. The Labute approximate surface area is 161 Å². The molecule has 0 radical (unpaired) electrons. The van der Waals surface area contributed by atoms with Crippen LogP contribution in [0, 0.1) is 5.41 Å². The highest BCUT2D eigenvalue weighted by molar-refractivity contribution is 8.00. The molecule has 0 unspecified atom stereocenters. The molecule has 7 heteroatoms. The molecular weight excluding hydrogens is 362 g/mol. The summed E-state index contributed by atoms with van der Waals surface area (Å²) in [6, 6.07) is 9.09. The molecule has 2 aliphatic heterocycles. The van der Waals surface area contributed by atoms with Gasteiger partial charge >= 0.3 is 0 Å². The summed E-state index contributed by atoms with van der Waals surface area (Å²) in [4.78, 5) is 16.7. The van der Waals surface area contributed by atoms with E-state index in [1.165, 1.54) is 0 Å². The van der Waals surface area contributed by atoms with Crippen molar-refractivity contribution >= 4 is 26.7 Å². The molecule has 1 aromatic rings. The van der Waals surface area contributed by atoms with Gasteiger partial charge in [-0.25, -0.2) is 0 Å². The van der Waals surface area contributed by atoms with E-state index < -0.39 is 15.4 Å². The number of carbonyl (C=O) groups is 1. The molecule has 1 fully saturated rings. The van der Waals surface area contributed by atoms with Crippen LogP contribution >= 0.6 is 0 Å². The van der Waals surface area contributed by atoms with E-state index >= 15 is 0 Å². The van der Waals surface area contributed by atoms with Crippen LogP contribution in [0.5, 0.6) is 0 Å². The molecule has 0 N–H and O–H groups in total. The smallest absolute Gasteiger partial charge is 0.285 e. The minimum Gasteiger partial charge on any atom is -0.354 e. The number of carbonyl (C=O) groups excluding carboxylic acids is 1. The maximum absolute atomic E-state index is 12.7. The number of amidine groups is 1. The molecule has 0 saturated carbocycles. The van der Waals surface area contributed by atoms with Gasteiger partial charge in [0.05, 0.1) is 0 Å². The number of nitrogens with zero attached hydrogens (tertiary/aromatic N) is 3. The summed E-state index contributed by atoms with van der Waals surface area (Å²) >= 11 is 0. The lowest BCUT2D eigenvalue weighted by atomic mass is 9.94. The summed E-state index contributed by atoms with van der Waals surface area (Å²) in [6.07, 6.45) is 0.787. The zero-order valence-corrected chi connectivity index (χ0v) is 17.2. The van der Waals surface area contributed by atoms with Crippen molar-refractivity contribution in [1.29, 1.82) is 0 Å². The maximum Gasteiger partial charge on any atom is 0.285 e. The van der Waals surface area contributed by atoms with Crippen LogP contribution in [0.4, 0.5) is 0 Å². The fraction of sp³-hybridized carbons (Fsp3) is 0.500. The lowest BCUT2D eigenvalue weighted by molar-refractivity contribution is -0.139. The first kappa shape index (κ1) is 19.6.